The molecule has 1 N–H and O–H groups in total. The molecule has 1 aliphatic carbocycles. The average Bonchev–Trinajstić information content (AvgIpc) is 3.00. The molecule has 0 amide bonds. The highest BCUT2D eigenvalue weighted by Gasteiger charge is 2.27. The number of hydrogen-bond acceptors (Lipinski definition) is 3. The van der Waals surface area contributed by atoms with Crippen LogP contribution in [-0.4, -0.2) is 25.0 Å². The van der Waals surface area contributed by atoms with E-state index in [4.69, 9.17) is 4.74 Å². The molecule has 0 saturated heterocycles. The second-order valence-corrected chi connectivity index (χ2v) is 12.9. The first-order valence-electron chi connectivity index (χ1n) is 15.8. The van der Waals surface area contributed by atoms with Gasteiger partial charge >= 0.3 is 0 Å². The normalized spacial score (nSPS) is 16.9. The fraction of sp³-hybridized carbons (Fsp3) is 0.425. The van der Waals surface area contributed by atoms with E-state index in [1.54, 1.807) is 0 Å². The Morgan fingerprint density at radius 2 is 1.79 bits per heavy atom. The molecule has 3 nitrogen and oxygen atoms in total. The number of ketones is 1. The number of Topliss-reactive ketones (excluding diaryl/α,β-unsaturated/α-hetero) is 1. The van der Waals surface area contributed by atoms with Crippen LogP contribution >= 0.6 is 0 Å². The Bertz CT molecular complexity index is 1300. The van der Waals surface area contributed by atoms with Crippen molar-refractivity contribution in [2.75, 3.05) is 13.7 Å². The van der Waals surface area contributed by atoms with Crippen molar-refractivity contribution in [1.29, 1.82) is 0 Å². The molecule has 0 saturated carbocycles. The van der Waals surface area contributed by atoms with Gasteiger partial charge in [-0.05, 0) is 88.1 Å². The van der Waals surface area contributed by atoms with Gasteiger partial charge in [0.1, 0.15) is 5.78 Å². The van der Waals surface area contributed by atoms with E-state index in [0.717, 1.165) is 47.5 Å². The van der Waals surface area contributed by atoms with Crippen LogP contribution in [-0.2, 0) is 16.1 Å². The average molecular weight is 580 g/mol. The van der Waals surface area contributed by atoms with Crippen molar-refractivity contribution >= 4 is 11.4 Å². The Morgan fingerprint density at radius 1 is 1.09 bits per heavy atom. The molecule has 230 valence electrons. The molecule has 3 rings (SSSR count). The van der Waals surface area contributed by atoms with Crippen LogP contribution in [0.3, 0.4) is 0 Å². The first-order chi connectivity index (χ1) is 20.5. The largest absolute Gasteiger partial charge is 0.376 e. The smallest absolute Gasteiger partial charge is 0.142 e. The monoisotopic (exact) mass is 579 g/mol. The van der Waals surface area contributed by atoms with E-state index in [9.17, 15) is 4.79 Å². The minimum atomic E-state index is -0.280. The third-order valence-electron chi connectivity index (χ3n) is 9.01. The first kappa shape index (κ1) is 34.2. The van der Waals surface area contributed by atoms with Crippen LogP contribution < -0.4 is 5.32 Å². The van der Waals surface area contributed by atoms with Gasteiger partial charge < -0.3 is 10.1 Å². The van der Waals surface area contributed by atoms with Crippen molar-refractivity contribution in [3.8, 4) is 0 Å². The van der Waals surface area contributed by atoms with Crippen molar-refractivity contribution in [2.45, 2.75) is 78.4 Å². The van der Waals surface area contributed by atoms with Crippen molar-refractivity contribution < 1.29 is 9.53 Å². The van der Waals surface area contributed by atoms with E-state index in [0.29, 0.717) is 26.1 Å². The van der Waals surface area contributed by atoms with Crippen LogP contribution in [0.2, 0.25) is 0 Å². The number of rotatable bonds is 17. The third kappa shape index (κ3) is 10.7. The second-order valence-electron chi connectivity index (χ2n) is 12.9. The van der Waals surface area contributed by atoms with E-state index >= 15 is 0 Å². The molecule has 2 aromatic rings. The third-order valence-corrected chi connectivity index (χ3v) is 9.01. The number of likely N-dealkylation sites (N-methyl/N-ethyl adjacent to an activating group) is 1. The van der Waals surface area contributed by atoms with Gasteiger partial charge in [0, 0.05) is 23.8 Å². The molecule has 3 heteroatoms. The van der Waals surface area contributed by atoms with Gasteiger partial charge in [-0.1, -0.05) is 116 Å². The van der Waals surface area contributed by atoms with Crippen LogP contribution in [0.5, 0.6) is 0 Å². The van der Waals surface area contributed by atoms with Gasteiger partial charge in [-0.15, -0.1) is 0 Å². The Hall–Kier alpha value is -3.27. The lowest BCUT2D eigenvalue weighted by atomic mass is 9.78. The van der Waals surface area contributed by atoms with Gasteiger partial charge in [0.25, 0.3) is 0 Å². The summed E-state index contributed by atoms with van der Waals surface area (Å²) < 4.78 is 6.05. The van der Waals surface area contributed by atoms with Crippen LogP contribution in [0.25, 0.3) is 5.57 Å². The molecule has 0 aliphatic heterocycles. The van der Waals surface area contributed by atoms with E-state index in [2.05, 4.69) is 89.2 Å². The second kappa shape index (κ2) is 16.5. The number of allylic oxidation sites excluding steroid dienone is 6. The molecule has 0 heterocycles. The maximum Gasteiger partial charge on any atom is 0.142 e. The van der Waals surface area contributed by atoms with E-state index in [1.165, 1.54) is 23.1 Å². The zero-order valence-corrected chi connectivity index (χ0v) is 27.3. The molecule has 1 aliphatic rings. The molecular formula is C40H53NO2. The lowest BCUT2D eigenvalue weighted by Crippen LogP contribution is -2.39. The Morgan fingerprint density at radius 3 is 2.42 bits per heavy atom. The predicted octanol–water partition coefficient (Wildman–Crippen LogP) is 9.61. The maximum absolute atomic E-state index is 13.6. The minimum Gasteiger partial charge on any atom is -0.376 e. The summed E-state index contributed by atoms with van der Waals surface area (Å²) in [5.74, 6) is 0.844. The minimum absolute atomic E-state index is 0.139. The topological polar surface area (TPSA) is 38.3 Å². The summed E-state index contributed by atoms with van der Waals surface area (Å²) in [6, 6.07) is 18.7. The first-order valence-corrected chi connectivity index (χ1v) is 15.8. The number of nitrogens with one attached hydrogen (secondary N) is 1. The Labute approximate surface area is 261 Å². The summed E-state index contributed by atoms with van der Waals surface area (Å²) in [5.41, 5.74) is 7.73. The van der Waals surface area contributed by atoms with Crippen molar-refractivity contribution in [1.82, 2.24) is 5.32 Å². The quantitative estimate of drug-likeness (QED) is 0.150. The fourth-order valence-corrected chi connectivity index (χ4v) is 5.47. The van der Waals surface area contributed by atoms with Crippen molar-refractivity contribution in [3.05, 3.63) is 126 Å². The Balaban J connectivity index is 1.67. The zero-order chi connectivity index (χ0) is 31.4. The highest BCUT2D eigenvalue weighted by Crippen LogP contribution is 2.37. The molecular weight excluding hydrogens is 526 g/mol. The fourth-order valence-electron chi connectivity index (χ4n) is 5.47. The van der Waals surface area contributed by atoms with Gasteiger partial charge in [-0.3, -0.25) is 4.79 Å². The summed E-state index contributed by atoms with van der Waals surface area (Å²) in [7, 11) is 1.92. The number of aryl methyl sites for hydroxylation is 1. The van der Waals surface area contributed by atoms with E-state index < -0.39 is 0 Å². The van der Waals surface area contributed by atoms with E-state index in [1.807, 2.05) is 43.5 Å². The van der Waals surface area contributed by atoms with Crippen LogP contribution in [0.1, 0.15) is 76.0 Å². The molecule has 0 spiro atoms. The van der Waals surface area contributed by atoms with Gasteiger partial charge in [0.15, 0.2) is 0 Å². The summed E-state index contributed by atoms with van der Waals surface area (Å²) in [5, 5.41) is 3.31. The van der Waals surface area contributed by atoms with Crippen molar-refractivity contribution in [3.63, 3.8) is 0 Å². The molecule has 2 aromatic carbocycles. The zero-order valence-electron chi connectivity index (χ0n) is 27.3. The molecule has 43 heavy (non-hydrogen) atoms. The molecule has 0 fully saturated rings. The number of carbonyl (C=O) groups is 1. The molecule has 0 bridgehead atoms. The molecule has 3 atom stereocenters. The number of carbonyl (C=O) groups excluding carboxylic acids is 1. The number of benzene rings is 2. The maximum atomic E-state index is 13.6. The van der Waals surface area contributed by atoms with Gasteiger partial charge in [0.05, 0.1) is 13.2 Å². The van der Waals surface area contributed by atoms with Gasteiger partial charge in [-0.2, -0.15) is 0 Å². The SMILES string of the molecule is C=C(/C=C\CC(C(=C)c1ccc(C)cc1)C1=CC[C@H](C)CC1)CC(=O)C(COCc1ccccc1)CC(=C)C(C)(C)NC. The molecule has 0 radical (unpaired) electrons. The lowest BCUT2D eigenvalue weighted by Gasteiger charge is -2.29. The number of ether oxygens (including phenoxy) is 1. The van der Waals surface area contributed by atoms with Crippen molar-refractivity contribution in [2.24, 2.45) is 17.8 Å². The summed E-state index contributed by atoms with van der Waals surface area (Å²) in [4.78, 5) is 13.6. The van der Waals surface area contributed by atoms with Gasteiger partial charge in [0.2, 0.25) is 0 Å². The highest BCUT2D eigenvalue weighted by atomic mass is 16.5. The summed E-state index contributed by atoms with van der Waals surface area (Å²) >= 11 is 0. The summed E-state index contributed by atoms with van der Waals surface area (Å²) in [6.07, 6.45) is 11.8. The highest BCUT2D eigenvalue weighted by molar-refractivity contribution is 5.84. The van der Waals surface area contributed by atoms with Crippen LogP contribution in [0.15, 0.2) is 109 Å². The molecule has 2 unspecified atom stereocenters. The van der Waals surface area contributed by atoms with Gasteiger partial charge in [-0.25, -0.2) is 0 Å². The van der Waals surface area contributed by atoms with Crippen LogP contribution in [0, 0.1) is 24.7 Å². The predicted molar refractivity (Wildman–Crippen MR) is 184 cm³/mol. The van der Waals surface area contributed by atoms with E-state index in [-0.39, 0.29) is 23.2 Å². The van der Waals surface area contributed by atoms with Crippen LogP contribution in [0.4, 0.5) is 0 Å². The standard InChI is InChI=1S/C40H53NO2/c1-29-17-21-35(22-18-29)33(5)38(36-23-19-30(2)20-24-36)16-12-13-31(3)25-39(42)37(26-32(4)40(6,7)41-8)28-43-27-34-14-10-9-11-15-34/h9-15,17-18,21-23,30,37-38,41H,3-5,16,19-20,24-28H2,1-2,6-8H3/b13-12-/t30-,37?,38?/m0/s1. The lowest BCUT2D eigenvalue weighted by molar-refractivity contribution is -0.124. The number of hydrogen-bond donors (Lipinski definition) is 1. The summed E-state index contributed by atoms with van der Waals surface area (Å²) in [6.45, 7) is 22.6. The Kier molecular flexibility index (Phi) is 13.2. The molecule has 0 aromatic heterocycles.